The molecule has 0 spiro atoms. The zero-order valence-corrected chi connectivity index (χ0v) is 10.7. The van der Waals surface area contributed by atoms with Gasteiger partial charge in [0.1, 0.15) is 0 Å². The molecule has 1 heterocycles. The van der Waals surface area contributed by atoms with Gasteiger partial charge in [-0.15, -0.1) is 0 Å². The van der Waals surface area contributed by atoms with Crippen molar-refractivity contribution < 1.29 is 9.53 Å². The number of carbonyl (C=O) groups is 1. The summed E-state index contributed by atoms with van der Waals surface area (Å²) in [6, 6.07) is 0.761. The van der Waals surface area contributed by atoms with E-state index in [-0.39, 0.29) is 17.9 Å². The number of likely N-dealkylation sites (tertiary alicyclic amines) is 1. The monoisotopic (exact) mass is 240 g/mol. The molecule has 4 nitrogen and oxygen atoms in total. The van der Waals surface area contributed by atoms with E-state index in [9.17, 15) is 4.79 Å². The lowest BCUT2D eigenvalue weighted by atomic mass is 9.89. The van der Waals surface area contributed by atoms with Crippen molar-refractivity contribution in [3.8, 4) is 0 Å². The molecule has 1 aliphatic heterocycles. The van der Waals surface area contributed by atoms with Crippen molar-refractivity contribution in [3.05, 3.63) is 0 Å². The lowest BCUT2D eigenvalue weighted by Crippen LogP contribution is -2.53. The number of nitrogens with two attached hydrogens (primary N) is 1. The van der Waals surface area contributed by atoms with Gasteiger partial charge in [-0.1, -0.05) is 19.3 Å². The van der Waals surface area contributed by atoms with Crippen LogP contribution in [0.1, 0.15) is 38.5 Å². The van der Waals surface area contributed by atoms with Crippen LogP contribution in [0.15, 0.2) is 0 Å². The van der Waals surface area contributed by atoms with Crippen molar-refractivity contribution in [1.82, 2.24) is 4.90 Å². The van der Waals surface area contributed by atoms with Crippen molar-refractivity contribution in [3.63, 3.8) is 0 Å². The van der Waals surface area contributed by atoms with Gasteiger partial charge < -0.3 is 10.5 Å². The molecule has 0 aromatic carbocycles. The van der Waals surface area contributed by atoms with E-state index < -0.39 is 0 Å². The van der Waals surface area contributed by atoms with E-state index >= 15 is 0 Å². The second-order valence-electron chi connectivity index (χ2n) is 5.46. The van der Waals surface area contributed by atoms with Crippen LogP contribution in [-0.4, -0.2) is 43.2 Å². The number of piperidine rings is 1. The lowest BCUT2D eigenvalue weighted by Gasteiger charge is -2.41. The Hall–Kier alpha value is -0.610. The predicted molar refractivity (Wildman–Crippen MR) is 66.5 cm³/mol. The summed E-state index contributed by atoms with van der Waals surface area (Å²) in [6.45, 7) is 1.78. The highest BCUT2D eigenvalue weighted by atomic mass is 16.5. The molecule has 0 amide bonds. The molecule has 1 saturated heterocycles. The number of ether oxygens (including phenoxy) is 1. The van der Waals surface area contributed by atoms with Gasteiger partial charge in [-0.3, -0.25) is 9.69 Å². The number of esters is 1. The highest BCUT2D eigenvalue weighted by molar-refractivity contribution is 5.72. The molecule has 17 heavy (non-hydrogen) atoms. The highest BCUT2D eigenvalue weighted by Gasteiger charge is 2.34. The predicted octanol–water partition coefficient (Wildman–Crippen LogP) is 1.14. The first-order chi connectivity index (χ1) is 8.20. The summed E-state index contributed by atoms with van der Waals surface area (Å²) >= 11 is 0. The number of hydrogen-bond acceptors (Lipinski definition) is 4. The third-order valence-corrected chi connectivity index (χ3v) is 4.14. The summed E-state index contributed by atoms with van der Waals surface area (Å²) in [6.07, 6.45) is 7.30. The molecule has 0 radical (unpaired) electrons. The van der Waals surface area contributed by atoms with Crippen LogP contribution in [0.4, 0.5) is 0 Å². The number of carbonyl (C=O) groups excluding carboxylic acids is 1. The van der Waals surface area contributed by atoms with Gasteiger partial charge in [0.2, 0.25) is 0 Å². The highest BCUT2D eigenvalue weighted by Crippen LogP contribution is 2.27. The van der Waals surface area contributed by atoms with E-state index in [2.05, 4.69) is 4.90 Å². The fraction of sp³-hybridized carbons (Fsp3) is 0.923. The first-order valence-corrected chi connectivity index (χ1v) is 6.78. The molecule has 0 bridgehead atoms. The minimum Gasteiger partial charge on any atom is -0.469 e. The average molecular weight is 240 g/mol. The summed E-state index contributed by atoms with van der Waals surface area (Å²) in [5.41, 5.74) is 6.07. The lowest BCUT2D eigenvalue weighted by molar-refractivity contribution is -0.148. The fourth-order valence-corrected chi connectivity index (χ4v) is 3.26. The van der Waals surface area contributed by atoms with Crippen molar-refractivity contribution in [2.24, 2.45) is 11.7 Å². The molecule has 2 rings (SSSR count). The normalized spacial score (nSPS) is 32.4. The third-order valence-electron chi connectivity index (χ3n) is 4.14. The zero-order valence-electron chi connectivity index (χ0n) is 10.7. The summed E-state index contributed by atoms with van der Waals surface area (Å²) in [7, 11) is 1.47. The summed E-state index contributed by atoms with van der Waals surface area (Å²) in [4.78, 5) is 14.1. The molecule has 0 aromatic heterocycles. The minimum atomic E-state index is -0.0963. The average Bonchev–Trinajstić information content (AvgIpc) is 2.38. The minimum absolute atomic E-state index is 0.0225. The molecular formula is C13H24N2O2. The van der Waals surface area contributed by atoms with E-state index in [0.717, 1.165) is 19.5 Å². The number of rotatable bonds is 2. The molecule has 2 unspecified atom stereocenters. The van der Waals surface area contributed by atoms with E-state index in [1.807, 2.05) is 0 Å². The van der Waals surface area contributed by atoms with Crippen LogP contribution in [0.2, 0.25) is 0 Å². The van der Waals surface area contributed by atoms with Gasteiger partial charge >= 0.3 is 5.97 Å². The Morgan fingerprint density at radius 3 is 2.59 bits per heavy atom. The largest absolute Gasteiger partial charge is 0.469 e. The summed E-state index contributed by atoms with van der Waals surface area (Å²) in [5, 5.41) is 0. The van der Waals surface area contributed by atoms with Crippen molar-refractivity contribution in [2.45, 2.75) is 50.6 Å². The van der Waals surface area contributed by atoms with Crippen LogP contribution in [0, 0.1) is 5.92 Å². The molecule has 2 atom stereocenters. The van der Waals surface area contributed by atoms with Crippen LogP contribution < -0.4 is 5.73 Å². The Bertz CT molecular complexity index is 264. The maximum absolute atomic E-state index is 11.6. The van der Waals surface area contributed by atoms with E-state index in [4.69, 9.17) is 10.5 Å². The van der Waals surface area contributed by atoms with Crippen LogP contribution in [-0.2, 0) is 9.53 Å². The van der Waals surface area contributed by atoms with Gasteiger partial charge in [0, 0.05) is 25.2 Å². The summed E-state index contributed by atoms with van der Waals surface area (Å²) in [5.74, 6) is -0.119. The Morgan fingerprint density at radius 1 is 1.24 bits per heavy atom. The Balaban J connectivity index is 1.95. The number of nitrogens with zero attached hydrogens (tertiary/aromatic N) is 1. The Morgan fingerprint density at radius 2 is 1.94 bits per heavy atom. The Kier molecular flexibility index (Phi) is 4.40. The standard InChI is InChI=1S/C13H24N2O2/c1-17-13(16)10-7-11(14)9-15(8-10)12-5-3-2-4-6-12/h10-12H,2-9,14H2,1H3. The molecule has 98 valence electrons. The fourth-order valence-electron chi connectivity index (χ4n) is 3.26. The van der Waals surface area contributed by atoms with Gasteiger partial charge in [-0.25, -0.2) is 0 Å². The van der Waals surface area contributed by atoms with E-state index in [1.165, 1.54) is 39.2 Å². The van der Waals surface area contributed by atoms with Crippen LogP contribution in [0.25, 0.3) is 0 Å². The molecule has 0 aromatic rings. The molecule has 2 fully saturated rings. The maximum Gasteiger partial charge on any atom is 0.310 e. The zero-order chi connectivity index (χ0) is 12.3. The molecule has 2 N–H and O–H groups in total. The van der Waals surface area contributed by atoms with E-state index in [1.54, 1.807) is 0 Å². The molecule has 4 heteroatoms. The van der Waals surface area contributed by atoms with Crippen LogP contribution in [0.3, 0.4) is 0 Å². The summed E-state index contributed by atoms with van der Waals surface area (Å²) < 4.78 is 4.85. The number of hydrogen-bond donors (Lipinski definition) is 1. The molecule has 2 aliphatic rings. The second kappa shape index (κ2) is 5.83. The second-order valence-corrected chi connectivity index (χ2v) is 5.46. The first-order valence-electron chi connectivity index (χ1n) is 6.78. The first kappa shape index (κ1) is 12.8. The van der Waals surface area contributed by atoms with E-state index in [0.29, 0.717) is 6.04 Å². The van der Waals surface area contributed by atoms with Crippen molar-refractivity contribution in [2.75, 3.05) is 20.2 Å². The SMILES string of the molecule is COC(=O)C1CC(N)CN(C2CCCCC2)C1. The van der Waals surface area contributed by atoms with Gasteiger partial charge in [-0.2, -0.15) is 0 Å². The maximum atomic E-state index is 11.6. The molecule has 1 saturated carbocycles. The van der Waals surface area contributed by atoms with Gasteiger partial charge in [-0.05, 0) is 19.3 Å². The number of methoxy groups -OCH3 is 1. The quantitative estimate of drug-likeness (QED) is 0.735. The smallest absolute Gasteiger partial charge is 0.310 e. The van der Waals surface area contributed by atoms with Gasteiger partial charge in [0.15, 0.2) is 0 Å². The Labute approximate surface area is 103 Å². The van der Waals surface area contributed by atoms with Crippen molar-refractivity contribution >= 4 is 5.97 Å². The van der Waals surface area contributed by atoms with Crippen molar-refractivity contribution in [1.29, 1.82) is 0 Å². The molecule has 1 aliphatic carbocycles. The van der Waals surface area contributed by atoms with Gasteiger partial charge in [0.05, 0.1) is 13.0 Å². The third kappa shape index (κ3) is 3.19. The van der Waals surface area contributed by atoms with Crippen LogP contribution >= 0.6 is 0 Å². The molecular weight excluding hydrogens is 216 g/mol. The topological polar surface area (TPSA) is 55.6 Å². The van der Waals surface area contributed by atoms with Gasteiger partial charge in [0.25, 0.3) is 0 Å². The van der Waals surface area contributed by atoms with Crippen LogP contribution in [0.5, 0.6) is 0 Å².